The number of anilines is 1. The van der Waals surface area contributed by atoms with Crippen molar-refractivity contribution in [3.05, 3.63) is 64.1 Å². The topological polar surface area (TPSA) is 49.3 Å². The summed E-state index contributed by atoms with van der Waals surface area (Å²) in [7, 11) is 0. The molecule has 0 amide bonds. The van der Waals surface area contributed by atoms with Crippen molar-refractivity contribution in [1.29, 1.82) is 0 Å². The largest absolute Gasteiger partial charge is 0.479 e. The summed E-state index contributed by atoms with van der Waals surface area (Å²) in [6, 6.07) is 15.0. The van der Waals surface area contributed by atoms with Gasteiger partial charge in [-0.05, 0) is 43.7 Å². The summed E-state index contributed by atoms with van der Waals surface area (Å²) in [5.41, 5.74) is 1.42. The molecule has 2 rings (SSSR count). The highest BCUT2D eigenvalue weighted by molar-refractivity contribution is 9.10. The van der Waals surface area contributed by atoms with Crippen LogP contribution in [-0.2, 0) is 10.3 Å². The molecule has 0 aromatic heterocycles. The van der Waals surface area contributed by atoms with Crippen LogP contribution in [-0.4, -0.2) is 11.1 Å². The fourth-order valence-electron chi connectivity index (χ4n) is 1.96. The van der Waals surface area contributed by atoms with E-state index in [1.807, 2.05) is 55.5 Å². The Kier molecular flexibility index (Phi) is 4.14. The number of carboxylic acid groups (broad SMARTS) is 1. The number of carboxylic acids is 1. The molecule has 2 aromatic carbocycles. The van der Waals surface area contributed by atoms with Gasteiger partial charge in [-0.25, -0.2) is 4.79 Å². The number of aryl methyl sites for hydroxylation is 1. The van der Waals surface area contributed by atoms with Crippen molar-refractivity contribution < 1.29 is 9.90 Å². The third-order valence-corrected chi connectivity index (χ3v) is 3.82. The van der Waals surface area contributed by atoms with Gasteiger partial charge in [0.2, 0.25) is 0 Å². The van der Waals surface area contributed by atoms with E-state index in [4.69, 9.17) is 0 Å². The third-order valence-electron chi connectivity index (χ3n) is 3.30. The van der Waals surface area contributed by atoms with E-state index < -0.39 is 11.5 Å². The Morgan fingerprint density at radius 3 is 2.15 bits per heavy atom. The molecule has 4 heteroatoms. The minimum absolute atomic E-state index is 0.721. The first-order chi connectivity index (χ1) is 9.41. The standard InChI is InChI=1S/C16H16BrNO2/c1-11-3-5-12(6-4-11)16(2,15(19)20)18-14-9-7-13(17)8-10-14/h3-10,18H,1-2H3,(H,19,20). The van der Waals surface area contributed by atoms with E-state index in [0.717, 1.165) is 21.3 Å². The molecule has 1 unspecified atom stereocenters. The van der Waals surface area contributed by atoms with Crippen LogP contribution in [0.2, 0.25) is 0 Å². The second kappa shape index (κ2) is 5.67. The number of benzene rings is 2. The molecule has 0 bridgehead atoms. The number of hydrogen-bond donors (Lipinski definition) is 2. The summed E-state index contributed by atoms with van der Waals surface area (Å²) in [5, 5.41) is 12.7. The lowest BCUT2D eigenvalue weighted by Crippen LogP contribution is -2.40. The van der Waals surface area contributed by atoms with Gasteiger partial charge in [0, 0.05) is 10.2 Å². The van der Waals surface area contributed by atoms with Crippen LogP contribution < -0.4 is 5.32 Å². The predicted octanol–water partition coefficient (Wildman–Crippen LogP) is 4.17. The minimum atomic E-state index is -1.17. The summed E-state index contributed by atoms with van der Waals surface area (Å²) in [4.78, 5) is 11.7. The molecule has 20 heavy (non-hydrogen) atoms. The summed E-state index contributed by atoms with van der Waals surface area (Å²) in [5.74, 6) is -0.913. The van der Waals surface area contributed by atoms with Crippen LogP contribution in [0.5, 0.6) is 0 Å². The Hall–Kier alpha value is -1.81. The zero-order valence-corrected chi connectivity index (χ0v) is 12.9. The van der Waals surface area contributed by atoms with Crippen LogP contribution in [0, 0.1) is 6.92 Å². The van der Waals surface area contributed by atoms with Crippen LogP contribution >= 0.6 is 15.9 Å². The molecule has 104 valence electrons. The van der Waals surface area contributed by atoms with Crippen molar-refractivity contribution >= 4 is 27.6 Å². The number of halogens is 1. The molecule has 0 heterocycles. The Morgan fingerprint density at radius 1 is 1.10 bits per heavy atom. The van der Waals surface area contributed by atoms with Gasteiger partial charge in [0.25, 0.3) is 0 Å². The van der Waals surface area contributed by atoms with Gasteiger partial charge in [0.15, 0.2) is 5.54 Å². The van der Waals surface area contributed by atoms with Crippen LogP contribution in [0.15, 0.2) is 53.0 Å². The van der Waals surface area contributed by atoms with E-state index in [0.29, 0.717) is 0 Å². The average Bonchev–Trinajstić information content (AvgIpc) is 2.42. The van der Waals surface area contributed by atoms with Crippen molar-refractivity contribution in [2.45, 2.75) is 19.4 Å². The molecule has 3 nitrogen and oxygen atoms in total. The molecule has 0 aliphatic heterocycles. The Bertz CT molecular complexity index is 607. The van der Waals surface area contributed by atoms with Crippen LogP contribution in [0.1, 0.15) is 18.1 Å². The normalized spacial score (nSPS) is 13.6. The van der Waals surface area contributed by atoms with Gasteiger partial charge in [-0.2, -0.15) is 0 Å². The number of carbonyl (C=O) groups is 1. The molecule has 0 radical (unpaired) electrons. The average molecular weight is 334 g/mol. The lowest BCUT2D eigenvalue weighted by atomic mass is 9.91. The lowest BCUT2D eigenvalue weighted by molar-refractivity contribution is -0.142. The first-order valence-electron chi connectivity index (χ1n) is 6.26. The molecular formula is C16H16BrNO2. The Labute approximate surface area is 126 Å². The summed E-state index contributed by atoms with van der Waals surface area (Å²) in [6.07, 6.45) is 0. The van der Waals surface area contributed by atoms with Gasteiger partial charge in [-0.3, -0.25) is 0 Å². The van der Waals surface area contributed by atoms with E-state index in [1.165, 1.54) is 0 Å². The predicted molar refractivity (Wildman–Crippen MR) is 83.9 cm³/mol. The van der Waals surface area contributed by atoms with Crippen molar-refractivity contribution in [2.24, 2.45) is 0 Å². The summed E-state index contributed by atoms with van der Waals surface area (Å²) in [6.45, 7) is 3.64. The van der Waals surface area contributed by atoms with Crippen molar-refractivity contribution in [2.75, 3.05) is 5.32 Å². The monoisotopic (exact) mass is 333 g/mol. The second-order valence-corrected chi connectivity index (χ2v) is 5.84. The smallest absolute Gasteiger partial charge is 0.333 e. The zero-order valence-electron chi connectivity index (χ0n) is 11.4. The molecule has 2 aromatic rings. The SMILES string of the molecule is Cc1ccc(C(C)(Nc2ccc(Br)cc2)C(=O)O)cc1. The minimum Gasteiger partial charge on any atom is -0.479 e. The summed E-state index contributed by atoms with van der Waals surface area (Å²) < 4.78 is 0.954. The van der Waals surface area contributed by atoms with E-state index >= 15 is 0 Å². The molecule has 2 N–H and O–H groups in total. The summed E-state index contributed by atoms with van der Waals surface area (Å²) >= 11 is 3.36. The quantitative estimate of drug-likeness (QED) is 0.882. The van der Waals surface area contributed by atoms with Crippen molar-refractivity contribution in [3.8, 4) is 0 Å². The molecular weight excluding hydrogens is 318 g/mol. The van der Waals surface area contributed by atoms with E-state index in [1.54, 1.807) is 6.92 Å². The molecule has 0 saturated carbocycles. The van der Waals surface area contributed by atoms with Gasteiger partial charge in [-0.15, -0.1) is 0 Å². The van der Waals surface area contributed by atoms with Gasteiger partial charge >= 0.3 is 5.97 Å². The highest BCUT2D eigenvalue weighted by Gasteiger charge is 2.35. The Morgan fingerprint density at radius 2 is 1.65 bits per heavy atom. The number of nitrogens with one attached hydrogen (secondary N) is 1. The third kappa shape index (κ3) is 3.02. The van der Waals surface area contributed by atoms with Gasteiger partial charge in [-0.1, -0.05) is 45.8 Å². The van der Waals surface area contributed by atoms with Crippen LogP contribution in [0.3, 0.4) is 0 Å². The maximum atomic E-state index is 11.7. The number of aliphatic carboxylic acids is 1. The van der Waals surface area contributed by atoms with Gasteiger partial charge < -0.3 is 10.4 Å². The molecule has 0 saturated heterocycles. The highest BCUT2D eigenvalue weighted by atomic mass is 79.9. The molecule has 0 aliphatic carbocycles. The fraction of sp³-hybridized carbons (Fsp3) is 0.188. The maximum absolute atomic E-state index is 11.7. The van der Waals surface area contributed by atoms with Crippen LogP contribution in [0.4, 0.5) is 5.69 Å². The van der Waals surface area contributed by atoms with E-state index in [-0.39, 0.29) is 0 Å². The first-order valence-corrected chi connectivity index (χ1v) is 7.05. The fourth-order valence-corrected chi connectivity index (χ4v) is 2.22. The van der Waals surface area contributed by atoms with Crippen molar-refractivity contribution in [1.82, 2.24) is 0 Å². The zero-order chi connectivity index (χ0) is 14.8. The molecule has 0 aliphatic rings. The second-order valence-electron chi connectivity index (χ2n) is 4.93. The Balaban J connectivity index is 2.37. The van der Waals surface area contributed by atoms with Gasteiger partial charge in [0.05, 0.1) is 0 Å². The lowest BCUT2D eigenvalue weighted by Gasteiger charge is -2.28. The highest BCUT2D eigenvalue weighted by Crippen LogP contribution is 2.27. The van der Waals surface area contributed by atoms with E-state index in [2.05, 4.69) is 21.2 Å². The maximum Gasteiger partial charge on any atom is 0.333 e. The first kappa shape index (κ1) is 14.6. The number of rotatable bonds is 4. The molecule has 0 spiro atoms. The van der Waals surface area contributed by atoms with E-state index in [9.17, 15) is 9.90 Å². The van der Waals surface area contributed by atoms with Crippen LogP contribution in [0.25, 0.3) is 0 Å². The van der Waals surface area contributed by atoms with Crippen molar-refractivity contribution in [3.63, 3.8) is 0 Å². The molecule has 1 atom stereocenters. The van der Waals surface area contributed by atoms with Gasteiger partial charge in [0.1, 0.15) is 0 Å². The number of hydrogen-bond acceptors (Lipinski definition) is 2. The molecule has 0 fully saturated rings.